The summed E-state index contributed by atoms with van der Waals surface area (Å²) in [7, 11) is 3.33. The maximum absolute atomic E-state index is 12.8. The van der Waals surface area contributed by atoms with Crippen molar-refractivity contribution in [1.82, 2.24) is 14.5 Å². The minimum Gasteiger partial charge on any atom is -0.497 e. The quantitative estimate of drug-likeness (QED) is 0.555. The molecule has 7 heteroatoms. The minimum absolute atomic E-state index is 0.155. The molecule has 3 aromatic carbocycles. The molecule has 30 heavy (non-hydrogen) atoms. The highest BCUT2D eigenvalue weighted by atomic mass is 16.5. The molecule has 0 aliphatic carbocycles. The molecule has 0 aliphatic heterocycles. The lowest BCUT2D eigenvalue weighted by atomic mass is 10.1. The van der Waals surface area contributed by atoms with Crippen LogP contribution < -0.4 is 16.0 Å². The molecular formula is C23H21N3O4. The van der Waals surface area contributed by atoms with Crippen molar-refractivity contribution in [3.05, 3.63) is 87.1 Å². The predicted octanol–water partition coefficient (Wildman–Crippen LogP) is 2.51. The first-order chi connectivity index (χ1) is 14.5. The number of rotatable bonds is 5. The lowest BCUT2D eigenvalue weighted by Gasteiger charge is -2.19. The van der Waals surface area contributed by atoms with Gasteiger partial charge in [-0.1, -0.05) is 30.3 Å². The van der Waals surface area contributed by atoms with Crippen LogP contribution in [0.25, 0.3) is 21.7 Å². The van der Waals surface area contributed by atoms with Crippen molar-refractivity contribution in [1.29, 1.82) is 0 Å². The molecule has 0 fully saturated rings. The van der Waals surface area contributed by atoms with Gasteiger partial charge in [-0.25, -0.2) is 4.79 Å². The molecule has 1 amide bonds. The zero-order valence-corrected chi connectivity index (χ0v) is 16.7. The molecule has 4 aromatic rings. The topological polar surface area (TPSA) is 84.4 Å². The number of aromatic amines is 1. The lowest BCUT2D eigenvalue weighted by molar-refractivity contribution is -0.131. The number of nitrogens with one attached hydrogen (secondary N) is 1. The summed E-state index contributed by atoms with van der Waals surface area (Å²) in [5, 5.41) is 2.48. The van der Waals surface area contributed by atoms with Gasteiger partial charge in [-0.05, 0) is 46.7 Å². The Kier molecular flexibility index (Phi) is 5.10. The van der Waals surface area contributed by atoms with Gasteiger partial charge in [0.1, 0.15) is 12.3 Å². The van der Waals surface area contributed by atoms with Gasteiger partial charge in [0, 0.05) is 13.6 Å². The summed E-state index contributed by atoms with van der Waals surface area (Å²) in [4.78, 5) is 40.9. The number of amides is 1. The van der Waals surface area contributed by atoms with Crippen molar-refractivity contribution in [2.24, 2.45) is 0 Å². The van der Waals surface area contributed by atoms with Crippen molar-refractivity contribution in [2.45, 2.75) is 13.1 Å². The zero-order chi connectivity index (χ0) is 21.3. The number of fused-ring (bicyclic) bond motifs is 2. The van der Waals surface area contributed by atoms with Crippen LogP contribution in [0.3, 0.4) is 0 Å². The smallest absolute Gasteiger partial charge is 0.329 e. The summed E-state index contributed by atoms with van der Waals surface area (Å²) >= 11 is 0. The SMILES string of the molecule is COc1ccc2cc(CN(C)C(=O)Cn3c(=O)[nH]c(=O)c4ccccc43)ccc2c1. The van der Waals surface area contributed by atoms with E-state index in [1.54, 1.807) is 43.3 Å². The number of aromatic nitrogens is 2. The van der Waals surface area contributed by atoms with E-state index < -0.39 is 11.2 Å². The van der Waals surface area contributed by atoms with Crippen molar-refractivity contribution >= 4 is 27.6 Å². The number of H-pyrrole nitrogens is 1. The molecule has 0 aliphatic rings. The number of carbonyl (C=O) groups is 1. The summed E-state index contributed by atoms with van der Waals surface area (Å²) in [6.07, 6.45) is 0. The number of carbonyl (C=O) groups excluding carboxylic acids is 1. The maximum Gasteiger partial charge on any atom is 0.329 e. The van der Waals surface area contributed by atoms with E-state index in [9.17, 15) is 14.4 Å². The predicted molar refractivity (Wildman–Crippen MR) is 116 cm³/mol. The van der Waals surface area contributed by atoms with Crippen LogP contribution in [0, 0.1) is 0 Å². The molecular weight excluding hydrogens is 382 g/mol. The van der Waals surface area contributed by atoms with Crippen molar-refractivity contribution in [3.63, 3.8) is 0 Å². The third-order valence-corrected chi connectivity index (χ3v) is 5.16. The highest BCUT2D eigenvalue weighted by Gasteiger charge is 2.14. The molecule has 0 spiro atoms. The molecule has 0 saturated carbocycles. The first-order valence-electron chi connectivity index (χ1n) is 9.49. The fraction of sp³-hybridized carbons (Fsp3) is 0.174. The summed E-state index contributed by atoms with van der Waals surface area (Å²) in [5.41, 5.74) is 0.357. The van der Waals surface area contributed by atoms with Crippen LogP contribution in [-0.2, 0) is 17.9 Å². The third-order valence-electron chi connectivity index (χ3n) is 5.16. The van der Waals surface area contributed by atoms with E-state index in [0.29, 0.717) is 17.4 Å². The Morgan fingerprint density at radius 1 is 1.03 bits per heavy atom. The number of hydrogen-bond donors (Lipinski definition) is 1. The number of methoxy groups -OCH3 is 1. The minimum atomic E-state index is -0.597. The van der Waals surface area contributed by atoms with E-state index in [1.165, 1.54) is 4.57 Å². The van der Waals surface area contributed by atoms with Gasteiger partial charge in [-0.2, -0.15) is 0 Å². The Morgan fingerprint density at radius 3 is 2.57 bits per heavy atom. The lowest BCUT2D eigenvalue weighted by Crippen LogP contribution is -2.37. The van der Waals surface area contributed by atoms with Gasteiger partial charge in [0.05, 0.1) is 18.0 Å². The van der Waals surface area contributed by atoms with Crippen LogP contribution in [0.2, 0.25) is 0 Å². The molecule has 0 saturated heterocycles. The largest absolute Gasteiger partial charge is 0.497 e. The molecule has 0 atom stereocenters. The Morgan fingerprint density at radius 2 is 1.77 bits per heavy atom. The number of benzene rings is 3. The molecule has 152 valence electrons. The standard InChI is InChI=1S/C23H21N3O4/c1-25(13-15-7-8-17-12-18(30-2)10-9-16(17)11-15)21(27)14-26-20-6-4-3-5-19(20)22(28)24-23(26)29/h3-12H,13-14H2,1-2H3,(H,24,28,29). The Bertz CT molecular complexity index is 1370. The molecule has 1 aromatic heterocycles. The zero-order valence-electron chi connectivity index (χ0n) is 16.7. The fourth-order valence-corrected chi connectivity index (χ4v) is 3.52. The van der Waals surface area contributed by atoms with E-state index in [-0.39, 0.29) is 12.5 Å². The Labute approximate surface area is 172 Å². The summed E-state index contributed by atoms with van der Waals surface area (Å²) < 4.78 is 6.54. The molecule has 0 unspecified atom stereocenters. The first kappa shape index (κ1) is 19.4. The second-order valence-corrected chi connectivity index (χ2v) is 7.16. The number of ether oxygens (including phenoxy) is 1. The van der Waals surface area contributed by atoms with Gasteiger partial charge >= 0.3 is 5.69 Å². The monoisotopic (exact) mass is 403 g/mol. The second kappa shape index (κ2) is 7.87. The summed E-state index contributed by atoms with van der Waals surface area (Å²) in [6.45, 7) is 0.244. The van der Waals surface area contributed by atoms with Crippen molar-refractivity contribution < 1.29 is 9.53 Å². The van der Waals surface area contributed by atoms with Crippen LogP contribution >= 0.6 is 0 Å². The number of nitrogens with zero attached hydrogens (tertiary/aromatic N) is 2. The highest BCUT2D eigenvalue weighted by Crippen LogP contribution is 2.22. The van der Waals surface area contributed by atoms with Crippen LogP contribution in [0.5, 0.6) is 5.75 Å². The first-order valence-corrected chi connectivity index (χ1v) is 9.49. The third kappa shape index (κ3) is 3.69. The van der Waals surface area contributed by atoms with Gasteiger partial charge in [0.25, 0.3) is 5.56 Å². The molecule has 7 nitrogen and oxygen atoms in total. The average Bonchev–Trinajstić information content (AvgIpc) is 2.76. The van der Waals surface area contributed by atoms with E-state index in [4.69, 9.17) is 4.74 Å². The van der Waals surface area contributed by atoms with Crippen LogP contribution in [0.1, 0.15) is 5.56 Å². The molecule has 4 rings (SSSR count). The maximum atomic E-state index is 12.8. The summed E-state index contributed by atoms with van der Waals surface area (Å²) in [5.74, 6) is 0.560. The van der Waals surface area contributed by atoms with Gasteiger partial charge < -0.3 is 9.64 Å². The van der Waals surface area contributed by atoms with Crippen LogP contribution in [0.4, 0.5) is 0 Å². The molecule has 0 bridgehead atoms. The summed E-state index contributed by atoms with van der Waals surface area (Å²) in [6, 6.07) is 18.6. The van der Waals surface area contributed by atoms with Gasteiger partial charge in [-0.3, -0.25) is 19.1 Å². The Balaban J connectivity index is 1.56. The number of para-hydroxylation sites is 1. The van der Waals surface area contributed by atoms with Gasteiger partial charge in [-0.15, -0.1) is 0 Å². The van der Waals surface area contributed by atoms with E-state index >= 15 is 0 Å². The second-order valence-electron chi connectivity index (χ2n) is 7.16. The van der Waals surface area contributed by atoms with Gasteiger partial charge in [0.2, 0.25) is 5.91 Å². The average molecular weight is 403 g/mol. The van der Waals surface area contributed by atoms with Crippen molar-refractivity contribution in [3.8, 4) is 5.75 Å². The van der Waals surface area contributed by atoms with E-state index in [0.717, 1.165) is 22.1 Å². The van der Waals surface area contributed by atoms with Crippen molar-refractivity contribution in [2.75, 3.05) is 14.2 Å². The van der Waals surface area contributed by atoms with Crippen LogP contribution in [-0.4, -0.2) is 34.5 Å². The number of likely N-dealkylation sites (N-methyl/N-ethyl adjacent to an activating group) is 1. The fourth-order valence-electron chi connectivity index (χ4n) is 3.52. The van der Waals surface area contributed by atoms with Crippen LogP contribution in [0.15, 0.2) is 70.3 Å². The van der Waals surface area contributed by atoms with Gasteiger partial charge in [0.15, 0.2) is 0 Å². The molecule has 1 N–H and O–H groups in total. The molecule has 1 heterocycles. The highest BCUT2D eigenvalue weighted by molar-refractivity contribution is 5.85. The van der Waals surface area contributed by atoms with E-state index in [1.807, 2.05) is 36.4 Å². The normalized spacial score (nSPS) is 11.0. The Hall–Kier alpha value is -3.87. The van der Waals surface area contributed by atoms with E-state index in [2.05, 4.69) is 4.98 Å². The molecule has 0 radical (unpaired) electrons. The number of hydrogen-bond acceptors (Lipinski definition) is 4.